The normalized spacial score (nSPS) is 12.2. The summed E-state index contributed by atoms with van der Waals surface area (Å²) >= 11 is 0. The van der Waals surface area contributed by atoms with E-state index in [0.29, 0.717) is 0 Å². The van der Waals surface area contributed by atoms with E-state index in [1.165, 1.54) is 51.4 Å². The van der Waals surface area contributed by atoms with E-state index in [4.69, 9.17) is 0 Å². The Morgan fingerprint density at radius 3 is 1.60 bits per heavy atom. The molecule has 0 saturated heterocycles. The summed E-state index contributed by atoms with van der Waals surface area (Å²) < 4.78 is 0. The second kappa shape index (κ2) is 15.6. The van der Waals surface area contributed by atoms with Crippen molar-refractivity contribution in [1.82, 2.24) is 0 Å². The molecule has 1 nitrogen and oxygen atoms in total. The summed E-state index contributed by atoms with van der Waals surface area (Å²) in [4.78, 5) is 0. The van der Waals surface area contributed by atoms with Gasteiger partial charge in [-0.15, -0.1) is 6.10 Å². The van der Waals surface area contributed by atoms with E-state index < -0.39 is 0 Å². The molecule has 0 bridgehead atoms. The van der Waals surface area contributed by atoms with Gasteiger partial charge < -0.3 is 5.11 Å². The van der Waals surface area contributed by atoms with Crippen LogP contribution in [0.4, 0.5) is 0 Å². The van der Waals surface area contributed by atoms with Crippen LogP contribution in [0.5, 0.6) is 0 Å². The van der Waals surface area contributed by atoms with Gasteiger partial charge in [0, 0.05) is 0 Å². The Morgan fingerprint density at radius 1 is 0.800 bits per heavy atom. The van der Waals surface area contributed by atoms with Crippen molar-refractivity contribution in [1.29, 1.82) is 0 Å². The smallest absolute Gasteiger partial charge is 0.852 e. The van der Waals surface area contributed by atoms with Crippen LogP contribution in [-0.4, -0.2) is 6.10 Å². The van der Waals surface area contributed by atoms with Gasteiger partial charge in [0.2, 0.25) is 0 Å². The molecule has 2 heteroatoms. The van der Waals surface area contributed by atoms with Crippen molar-refractivity contribution in [3.8, 4) is 0 Å². The number of hydrogen-bond donors (Lipinski definition) is 0. The molecule has 15 heavy (non-hydrogen) atoms. The first-order valence-corrected chi connectivity index (χ1v) is 6.43. The maximum absolute atomic E-state index is 10.7. The summed E-state index contributed by atoms with van der Waals surface area (Å²) in [6.45, 7) is 4.02. The first kappa shape index (κ1) is 18.9. The zero-order valence-electron chi connectivity index (χ0n) is 11.1. The van der Waals surface area contributed by atoms with Gasteiger partial charge in [-0.3, -0.25) is 0 Å². The number of rotatable bonds is 10. The summed E-state index contributed by atoms with van der Waals surface area (Å²) in [6, 6.07) is 0. The van der Waals surface area contributed by atoms with Crippen LogP contribution in [0.25, 0.3) is 0 Å². The summed E-state index contributed by atoms with van der Waals surface area (Å²) in [6.07, 6.45) is 12.6. The number of unbranched alkanes of at least 4 members (excludes halogenated alkanes) is 8. The molecule has 0 aromatic carbocycles. The van der Waals surface area contributed by atoms with E-state index in [0.717, 1.165) is 12.8 Å². The molecule has 1 unspecified atom stereocenters. The van der Waals surface area contributed by atoms with Gasteiger partial charge in [0.15, 0.2) is 0 Å². The Kier molecular flexibility index (Phi) is 19.7. The largest absolute Gasteiger partial charge is 1.00 e. The van der Waals surface area contributed by atoms with E-state index in [2.05, 4.69) is 6.92 Å². The van der Waals surface area contributed by atoms with Crippen LogP contribution in [0.3, 0.4) is 0 Å². The molecule has 0 aliphatic carbocycles. The molecule has 0 amide bonds. The van der Waals surface area contributed by atoms with Crippen molar-refractivity contribution in [3.63, 3.8) is 0 Å². The zero-order chi connectivity index (χ0) is 10.6. The van der Waals surface area contributed by atoms with Gasteiger partial charge in [-0.1, -0.05) is 78.1 Å². The van der Waals surface area contributed by atoms with Crippen LogP contribution in [0.1, 0.15) is 78.1 Å². The molecule has 0 N–H and O–H groups in total. The Morgan fingerprint density at radius 2 is 1.20 bits per heavy atom. The van der Waals surface area contributed by atoms with Gasteiger partial charge in [-0.2, -0.15) is 0 Å². The average Bonchev–Trinajstić information content (AvgIpc) is 2.15. The Bertz CT molecular complexity index is 105. The van der Waals surface area contributed by atoms with Gasteiger partial charge in [0.05, 0.1) is 0 Å². The van der Waals surface area contributed by atoms with Crippen LogP contribution in [0.2, 0.25) is 0 Å². The molecule has 0 saturated carbocycles. The van der Waals surface area contributed by atoms with Gasteiger partial charge in [-0.05, 0) is 0 Å². The van der Waals surface area contributed by atoms with Crippen LogP contribution < -0.4 is 56.5 Å². The van der Waals surface area contributed by atoms with E-state index in [-0.39, 0.29) is 57.5 Å². The van der Waals surface area contributed by atoms with Crippen LogP contribution in [0.15, 0.2) is 0 Å². The molecule has 1 atom stereocenters. The zero-order valence-corrected chi connectivity index (χ0v) is 14.2. The Balaban J connectivity index is 0. The van der Waals surface area contributed by atoms with E-state index >= 15 is 0 Å². The van der Waals surface area contributed by atoms with Crippen molar-refractivity contribution in [2.24, 2.45) is 0 Å². The SMILES string of the molecule is CCCCCCCCCCCC(C)[O-].[K+]. The summed E-state index contributed by atoms with van der Waals surface area (Å²) in [5.74, 6) is 0. The first-order chi connectivity index (χ1) is 6.77. The predicted molar refractivity (Wildman–Crippen MR) is 61.3 cm³/mol. The minimum absolute atomic E-state index is 0. The minimum Gasteiger partial charge on any atom is -0.852 e. The Labute approximate surface area is 139 Å². The molecule has 0 spiro atoms. The molecule has 0 aromatic heterocycles. The average molecular weight is 238 g/mol. The Hall–Kier alpha value is 1.60. The molecule has 0 radical (unpaired) electrons. The van der Waals surface area contributed by atoms with E-state index in [1.54, 1.807) is 6.92 Å². The fourth-order valence-electron chi connectivity index (χ4n) is 1.74. The molecule has 0 aliphatic heterocycles. The molecular weight excluding hydrogens is 211 g/mol. The third-order valence-corrected chi connectivity index (χ3v) is 2.71. The monoisotopic (exact) mass is 238 g/mol. The third kappa shape index (κ3) is 18.2. The number of hydrogen-bond acceptors (Lipinski definition) is 1. The van der Waals surface area contributed by atoms with Crippen LogP contribution in [-0.2, 0) is 0 Å². The molecule has 86 valence electrons. The molecule has 0 fully saturated rings. The van der Waals surface area contributed by atoms with Gasteiger partial charge >= 0.3 is 51.4 Å². The fourth-order valence-corrected chi connectivity index (χ4v) is 1.74. The third-order valence-electron chi connectivity index (χ3n) is 2.71. The second-order valence-electron chi connectivity index (χ2n) is 4.43. The molecule has 0 heterocycles. The van der Waals surface area contributed by atoms with Crippen molar-refractivity contribution in [2.75, 3.05) is 0 Å². The molecule has 0 aromatic rings. The fraction of sp³-hybridized carbons (Fsp3) is 1.00. The van der Waals surface area contributed by atoms with Gasteiger partial charge in [0.25, 0.3) is 0 Å². The van der Waals surface area contributed by atoms with Crippen molar-refractivity contribution < 1.29 is 56.5 Å². The quantitative estimate of drug-likeness (QED) is 0.405. The minimum atomic E-state index is -0.348. The summed E-state index contributed by atoms with van der Waals surface area (Å²) in [7, 11) is 0. The van der Waals surface area contributed by atoms with E-state index in [9.17, 15) is 5.11 Å². The first-order valence-electron chi connectivity index (χ1n) is 6.43. The van der Waals surface area contributed by atoms with Crippen molar-refractivity contribution in [3.05, 3.63) is 0 Å². The van der Waals surface area contributed by atoms with Gasteiger partial charge in [0.1, 0.15) is 0 Å². The topological polar surface area (TPSA) is 23.1 Å². The second-order valence-corrected chi connectivity index (χ2v) is 4.43. The summed E-state index contributed by atoms with van der Waals surface area (Å²) in [5, 5.41) is 10.7. The molecule has 0 rings (SSSR count). The van der Waals surface area contributed by atoms with Gasteiger partial charge in [-0.25, -0.2) is 0 Å². The van der Waals surface area contributed by atoms with Crippen LogP contribution in [0, 0.1) is 0 Å². The maximum Gasteiger partial charge on any atom is 1.00 e. The van der Waals surface area contributed by atoms with Crippen molar-refractivity contribution >= 4 is 0 Å². The standard InChI is InChI=1S/C13H27O.K/c1-3-4-5-6-7-8-9-10-11-12-13(2)14;/h13H,3-12H2,1-2H3;/q-1;+1. The molecule has 0 aliphatic rings. The summed E-state index contributed by atoms with van der Waals surface area (Å²) in [5.41, 5.74) is 0. The van der Waals surface area contributed by atoms with Crippen LogP contribution >= 0.6 is 0 Å². The maximum atomic E-state index is 10.7. The van der Waals surface area contributed by atoms with E-state index in [1.807, 2.05) is 0 Å². The molecular formula is C13H27KO. The predicted octanol–water partition coefficient (Wildman–Crippen LogP) is 0.660. The van der Waals surface area contributed by atoms with Crippen molar-refractivity contribution in [2.45, 2.75) is 84.2 Å².